The number of halogens is 1. The molecule has 0 aliphatic carbocycles. The maximum atomic E-state index is 9.38. The molecule has 2 aliphatic rings. The number of hydrazine groups is 1. The summed E-state index contributed by atoms with van der Waals surface area (Å²) in [5, 5.41) is 20.7. The van der Waals surface area contributed by atoms with E-state index >= 15 is 0 Å². The van der Waals surface area contributed by atoms with Gasteiger partial charge in [0.05, 0.1) is 37.4 Å². The van der Waals surface area contributed by atoms with Gasteiger partial charge in [0.2, 0.25) is 5.95 Å². The zero-order valence-corrected chi connectivity index (χ0v) is 19.2. The van der Waals surface area contributed by atoms with E-state index in [2.05, 4.69) is 42.3 Å². The molecule has 0 saturated carbocycles. The van der Waals surface area contributed by atoms with E-state index < -0.39 is 0 Å². The van der Waals surface area contributed by atoms with Crippen molar-refractivity contribution in [1.29, 1.82) is 5.26 Å². The van der Waals surface area contributed by atoms with Crippen molar-refractivity contribution < 1.29 is 4.84 Å². The first kappa shape index (κ1) is 21.8. The Balaban J connectivity index is 1.30. The van der Waals surface area contributed by atoms with Crippen LogP contribution in [-0.2, 0) is 4.84 Å². The van der Waals surface area contributed by atoms with Gasteiger partial charge in [-0.3, -0.25) is 25.2 Å². The van der Waals surface area contributed by atoms with Gasteiger partial charge in [-0.25, -0.2) is 15.0 Å². The van der Waals surface area contributed by atoms with Crippen molar-refractivity contribution in [2.75, 3.05) is 66.1 Å². The Bertz CT molecular complexity index is 1220. The minimum Gasteiger partial charge on any atom is -0.368 e. The summed E-state index contributed by atoms with van der Waals surface area (Å²) in [5.41, 5.74) is 7.13. The Hall–Kier alpha value is -4.01. The molecule has 0 bridgehead atoms. The van der Waals surface area contributed by atoms with Gasteiger partial charge < -0.3 is 10.6 Å². The van der Waals surface area contributed by atoms with Gasteiger partial charge in [0.15, 0.2) is 6.19 Å². The van der Waals surface area contributed by atoms with Crippen LogP contribution in [0.2, 0.25) is 5.02 Å². The van der Waals surface area contributed by atoms with Crippen molar-refractivity contribution in [1.82, 2.24) is 19.9 Å². The lowest BCUT2D eigenvalue weighted by Crippen LogP contribution is -2.57. The number of hydrogen-bond acceptors (Lipinski definition) is 11. The van der Waals surface area contributed by atoms with Crippen molar-refractivity contribution in [3.8, 4) is 17.5 Å². The van der Waals surface area contributed by atoms with E-state index in [1.54, 1.807) is 18.2 Å². The molecule has 1 fully saturated rings. The molecular formula is C22H23ClN10O. The molecule has 0 spiro atoms. The lowest BCUT2D eigenvalue weighted by Gasteiger charge is -2.47. The van der Waals surface area contributed by atoms with Gasteiger partial charge >= 0.3 is 0 Å². The second-order valence-corrected chi connectivity index (χ2v) is 8.14. The second-order valence-electron chi connectivity index (χ2n) is 7.71. The minimum atomic E-state index is 0.450. The summed E-state index contributed by atoms with van der Waals surface area (Å²) >= 11 is 6.31. The average molecular weight is 479 g/mol. The number of aromatic nitrogens is 3. The molecule has 174 valence electrons. The van der Waals surface area contributed by atoms with E-state index in [-0.39, 0.29) is 0 Å². The van der Waals surface area contributed by atoms with Gasteiger partial charge in [-0.2, -0.15) is 5.26 Å². The molecule has 34 heavy (non-hydrogen) atoms. The highest BCUT2D eigenvalue weighted by Gasteiger charge is 2.34. The number of pyridine rings is 1. The number of hydrogen-bond donors (Lipinski definition) is 3. The summed E-state index contributed by atoms with van der Waals surface area (Å²) in [6.07, 6.45) is 5.75. The van der Waals surface area contributed by atoms with Crippen LogP contribution >= 0.6 is 11.6 Å². The van der Waals surface area contributed by atoms with Crippen LogP contribution in [0.3, 0.4) is 0 Å². The fourth-order valence-corrected chi connectivity index (χ4v) is 4.16. The lowest BCUT2D eigenvalue weighted by molar-refractivity contribution is 0.271. The summed E-state index contributed by atoms with van der Waals surface area (Å²) in [6.45, 7) is 2.98. The summed E-state index contributed by atoms with van der Waals surface area (Å²) in [7, 11) is 1.55. The van der Waals surface area contributed by atoms with Crippen LogP contribution in [0.25, 0.3) is 11.3 Å². The van der Waals surface area contributed by atoms with Gasteiger partial charge in [-0.05, 0) is 30.3 Å². The number of nitrogens with zero attached hydrogens (tertiary/aromatic N) is 7. The number of rotatable bonds is 7. The van der Waals surface area contributed by atoms with Crippen LogP contribution in [0, 0.1) is 11.5 Å². The number of anilines is 5. The molecule has 1 aromatic carbocycles. The maximum absolute atomic E-state index is 9.38. The molecule has 5 rings (SSSR count). The molecule has 2 aromatic heterocycles. The molecule has 1 saturated heterocycles. The van der Waals surface area contributed by atoms with Crippen LogP contribution in [0.15, 0.2) is 42.7 Å². The predicted molar refractivity (Wildman–Crippen MR) is 131 cm³/mol. The molecule has 0 atom stereocenters. The maximum Gasteiger partial charge on any atom is 0.223 e. The topological polar surface area (TPSA) is 117 Å². The molecule has 0 radical (unpaired) electrons. The molecule has 3 aromatic rings. The highest BCUT2D eigenvalue weighted by atomic mass is 35.5. The minimum absolute atomic E-state index is 0.450. The number of fused-ring (bicyclic) bond motifs is 6. The van der Waals surface area contributed by atoms with Gasteiger partial charge in [0.25, 0.3) is 0 Å². The van der Waals surface area contributed by atoms with Crippen LogP contribution in [0.5, 0.6) is 0 Å². The average Bonchev–Trinajstić information content (AvgIpc) is 2.87. The van der Waals surface area contributed by atoms with Crippen LogP contribution < -0.4 is 26.1 Å². The van der Waals surface area contributed by atoms with Gasteiger partial charge in [-0.1, -0.05) is 11.6 Å². The summed E-state index contributed by atoms with van der Waals surface area (Å²) in [5.74, 6) is 1.30. The number of benzene rings is 1. The number of nitriles is 1. The van der Waals surface area contributed by atoms with Crippen LogP contribution in [-0.4, -0.2) is 59.8 Å². The first-order valence-electron chi connectivity index (χ1n) is 10.8. The largest absolute Gasteiger partial charge is 0.368 e. The third-order valence-electron chi connectivity index (χ3n) is 5.56. The third-order valence-corrected chi connectivity index (χ3v) is 5.79. The van der Waals surface area contributed by atoms with E-state index in [0.717, 1.165) is 34.1 Å². The zero-order valence-electron chi connectivity index (χ0n) is 18.5. The summed E-state index contributed by atoms with van der Waals surface area (Å²) < 4.78 is 0. The van der Waals surface area contributed by atoms with E-state index in [0.29, 0.717) is 43.8 Å². The Morgan fingerprint density at radius 1 is 1.06 bits per heavy atom. The van der Waals surface area contributed by atoms with E-state index in [9.17, 15) is 5.26 Å². The van der Waals surface area contributed by atoms with Crippen molar-refractivity contribution in [2.24, 2.45) is 0 Å². The first-order chi connectivity index (χ1) is 16.7. The smallest absolute Gasteiger partial charge is 0.223 e. The van der Waals surface area contributed by atoms with E-state index in [4.69, 9.17) is 21.4 Å². The van der Waals surface area contributed by atoms with E-state index in [1.165, 1.54) is 0 Å². The molecule has 2 aliphatic heterocycles. The normalized spacial score (nSPS) is 14.0. The van der Waals surface area contributed by atoms with Gasteiger partial charge in [0, 0.05) is 30.2 Å². The highest BCUT2D eigenvalue weighted by molar-refractivity contribution is 6.31. The lowest BCUT2D eigenvalue weighted by atomic mass is 10.0. The summed E-state index contributed by atoms with van der Waals surface area (Å²) in [6, 6.07) is 9.48. The number of nitrogens with one attached hydrogen (secondary N) is 3. The molecule has 0 amide bonds. The fourth-order valence-electron chi connectivity index (χ4n) is 3.99. The molecule has 0 unspecified atom stereocenters. The SMILES string of the molecule is CONc1ccc(NCCNc2ncc3c(n2)-c2ccc(Cl)cc2N2CN(C#N)CCN32)nc1. The first-order valence-corrected chi connectivity index (χ1v) is 11.1. The van der Waals surface area contributed by atoms with Gasteiger partial charge in [0.1, 0.15) is 23.9 Å². The quantitative estimate of drug-likeness (QED) is 0.264. The third kappa shape index (κ3) is 4.28. The zero-order chi connectivity index (χ0) is 23.5. The van der Waals surface area contributed by atoms with Crippen molar-refractivity contribution >= 4 is 40.4 Å². The summed E-state index contributed by atoms with van der Waals surface area (Å²) in [4.78, 5) is 20.2. The van der Waals surface area contributed by atoms with Crippen LogP contribution in [0.1, 0.15) is 0 Å². The Morgan fingerprint density at radius 3 is 2.74 bits per heavy atom. The molecule has 12 heteroatoms. The van der Waals surface area contributed by atoms with Crippen molar-refractivity contribution in [3.63, 3.8) is 0 Å². The van der Waals surface area contributed by atoms with Crippen LogP contribution in [0.4, 0.5) is 28.8 Å². The van der Waals surface area contributed by atoms with Crippen molar-refractivity contribution in [3.05, 3.63) is 47.7 Å². The Morgan fingerprint density at radius 2 is 1.94 bits per heavy atom. The Labute approximate surface area is 201 Å². The monoisotopic (exact) mass is 478 g/mol. The highest BCUT2D eigenvalue weighted by Crippen LogP contribution is 2.44. The molecule has 3 N–H and O–H groups in total. The van der Waals surface area contributed by atoms with Crippen molar-refractivity contribution in [2.45, 2.75) is 0 Å². The fraction of sp³-hybridized carbons (Fsp3) is 0.273. The van der Waals surface area contributed by atoms with E-state index in [1.807, 2.05) is 36.5 Å². The predicted octanol–water partition coefficient (Wildman–Crippen LogP) is 2.98. The second kappa shape index (κ2) is 9.46. The van der Waals surface area contributed by atoms with Gasteiger partial charge in [-0.15, -0.1) is 0 Å². The molecule has 4 heterocycles. The Kier molecular flexibility index (Phi) is 6.07. The standard InChI is InChI=1S/C22H23ClN10O/c1-34-30-16-3-5-20(27-11-16)25-6-7-26-22-28-12-19-21(29-22)17-4-2-15(23)10-18(17)33-14-31(13-24)8-9-32(19)33/h2-5,10-12,30H,6-9,14H2,1H3,(H,25,27)(H,26,28,29). The molecular weight excluding hydrogens is 456 g/mol. The molecule has 11 nitrogen and oxygen atoms in total.